The minimum Gasteiger partial charge on any atom is -0.271 e. The molecule has 0 saturated carbocycles. The van der Waals surface area contributed by atoms with E-state index in [4.69, 9.17) is 5.84 Å². The van der Waals surface area contributed by atoms with Crippen LogP contribution in [0.25, 0.3) is 0 Å². The van der Waals surface area contributed by atoms with Gasteiger partial charge in [-0.05, 0) is 31.0 Å². The van der Waals surface area contributed by atoms with Gasteiger partial charge in [0.2, 0.25) is 0 Å². The zero-order valence-corrected chi connectivity index (χ0v) is 10.8. The monoisotopic (exact) mass is 286 g/mol. The van der Waals surface area contributed by atoms with E-state index in [1.807, 2.05) is 6.92 Å². The number of halogens is 2. The summed E-state index contributed by atoms with van der Waals surface area (Å²) in [4.78, 5) is 0. The van der Waals surface area contributed by atoms with Crippen LogP contribution in [0, 0.1) is 5.82 Å². The number of benzene rings is 1. The molecule has 0 spiro atoms. The van der Waals surface area contributed by atoms with Crippen LogP contribution >= 0.6 is 15.9 Å². The fourth-order valence-electron chi connectivity index (χ4n) is 1.47. The molecule has 1 unspecified atom stereocenters. The van der Waals surface area contributed by atoms with Gasteiger partial charge < -0.3 is 0 Å². The Balaban J connectivity index is 2.94. The maximum atomic E-state index is 13.6. The van der Waals surface area contributed by atoms with Crippen molar-refractivity contribution in [3.05, 3.63) is 46.2 Å². The van der Waals surface area contributed by atoms with E-state index < -0.39 is 0 Å². The standard InChI is InChI=1S/C12H16BrFN2/c1-3-8(2)6-12(16-15)10-7-9(13)4-5-11(10)14/h4-5,7,12,16H,2-3,6,15H2,1H3. The van der Waals surface area contributed by atoms with Crippen molar-refractivity contribution < 1.29 is 4.39 Å². The van der Waals surface area contributed by atoms with Gasteiger partial charge in [-0.25, -0.2) is 4.39 Å². The summed E-state index contributed by atoms with van der Waals surface area (Å²) >= 11 is 3.32. The first kappa shape index (κ1) is 13.4. The molecule has 0 aromatic heterocycles. The molecule has 1 atom stereocenters. The number of hydrogen-bond donors (Lipinski definition) is 2. The van der Waals surface area contributed by atoms with E-state index in [2.05, 4.69) is 27.9 Å². The van der Waals surface area contributed by atoms with Crippen LogP contribution in [0.4, 0.5) is 4.39 Å². The molecule has 0 heterocycles. The van der Waals surface area contributed by atoms with Crippen molar-refractivity contribution in [3.8, 4) is 0 Å². The zero-order valence-electron chi connectivity index (χ0n) is 9.26. The Morgan fingerprint density at radius 2 is 2.31 bits per heavy atom. The van der Waals surface area contributed by atoms with Crippen molar-refractivity contribution in [1.82, 2.24) is 5.43 Å². The van der Waals surface area contributed by atoms with Gasteiger partial charge in [-0.1, -0.05) is 35.0 Å². The Morgan fingerprint density at radius 1 is 1.62 bits per heavy atom. The van der Waals surface area contributed by atoms with Gasteiger partial charge in [0.25, 0.3) is 0 Å². The second-order valence-corrected chi connectivity index (χ2v) is 4.61. The number of nitrogens with one attached hydrogen (secondary N) is 1. The lowest BCUT2D eigenvalue weighted by Crippen LogP contribution is -2.29. The zero-order chi connectivity index (χ0) is 12.1. The number of nitrogens with two attached hydrogens (primary N) is 1. The van der Waals surface area contributed by atoms with Crippen molar-refractivity contribution in [1.29, 1.82) is 0 Å². The highest BCUT2D eigenvalue weighted by Gasteiger charge is 2.15. The Bertz CT molecular complexity index is 379. The molecular weight excluding hydrogens is 271 g/mol. The average Bonchev–Trinajstić information content (AvgIpc) is 2.29. The van der Waals surface area contributed by atoms with E-state index in [1.54, 1.807) is 12.1 Å². The molecule has 2 nitrogen and oxygen atoms in total. The lowest BCUT2D eigenvalue weighted by Gasteiger charge is -2.18. The molecule has 16 heavy (non-hydrogen) atoms. The Hall–Kier alpha value is -0.710. The minimum absolute atomic E-state index is 0.232. The second-order valence-electron chi connectivity index (χ2n) is 3.69. The van der Waals surface area contributed by atoms with Crippen LogP contribution in [-0.4, -0.2) is 0 Å². The molecule has 0 aliphatic heterocycles. The first-order valence-corrected chi connectivity index (χ1v) is 5.95. The van der Waals surface area contributed by atoms with Gasteiger partial charge in [-0.3, -0.25) is 11.3 Å². The summed E-state index contributed by atoms with van der Waals surface area (Å²) in [6.45, 7) is 5.93. The van der Waals surface area contributed by atoms with Gasteiger partial charge in [-0.2, -0.15) is 0 Å². The molecule has 1 aromatic rings. The third-order valence-electron chi connectivity index (χ3n) is 2.53. The van der Waals surface area contributed by atoms with E-state index in [-0.39, 0.29) is 11.9 Å². The third-order valence-corrected chi connectivity index (χ3v) is 3.02. The summed E-state index contributed by atoms with van der Waals surface area (Å²) in [6.07, 6.45) is 1.51. The Kier molecular flexibility index (Phi) is 5.12. The molecule has 1 aromatic carbocycles. The maximum absolute atomic E-state index is 13.6. The summed E-state index contributed by atoms with van der Waals surface area (Å²) in [5.41, 5.74) is 4.24. The summed E-state index contributed by atoms with van der Waals surface area (Å²) in [5.74, 6) is 5.20. The summed E-state index contributed by atoms with van der Waals surface area (Å²) in [5, 5.41) is 0. The SMILES string of the molecule is C=C(CC)CC(NN)c1cc(Br)ccc1F. The third kappa shape index (κ3) is 3.40. The highest BCUT2D eigenvalue weighted by atomic mass is 79.9. The number of rotatable bonds is 5. The Labute approximate surface area is 104 Å². The molecule has 4 heteroatoms. The van der Waals surface area contributed by atoms with Crippen molar-refractivity contribution in [2.24, 2.45) is 5.84 Å². The summed E-state index contributed by atoms with van der Waals surface area (Å²) < 4.78 is 14.5. The second kappa shape index (κ2) is 6.13. The average molecular weight is 287 g/mol. The predicted octanol–water partition coefficient (Wildman–Crippen LogP) is 3.45. The van der Waals surface area contributed by atoms with Gasteiger partial charge in [0.1, 0.15) is 5.82 Å². The molecule has 0 fully saturated rings. The molecular formula is C12H16BrFN2. The van der Waals surface area contributed by atoms with Crippen LogP contribution in [0.5, 0.6) is 0 Å². The fourth-order valence-corrected chi connectivity index (χ4v) is 1.85. The van der Waals surface area contributed by atoms with E-state index in [0.717, 1.165) is 16.5 Å². The predicted molar refractivity (Wildman–Crippen MR) is 68.2 cm³/mol. The van der Waals surface area contributed by atoms with Crippen molar-refractivity contribution in [3.63, 3.8) is 0 Å². The Morgan fingerprint density at radius 3 is 2.88 bits per heavy atom. The number of hydrazine groups is 1. The van der Waals surface area contributed by atoms with Gasteiger partial charge in [-0.15, -0.1) is 0 Å². The van der Waals surface area contributed by atoms with Crippen LogP contribution in [0.15, 0.2) is 34.8 Å². The molecule has 0 saturated heterocycles. The van der Waals surface area contributed by atoms with E-state index in [9.17, 15) is 4.39 Å². The van der Waals surface area contributed by atoms with E-state index in [0.29, 0.717) is 12.0 Å². The largest absolute Gasteiger partial charge is 0.271 e. The lowest BCUT2D eigenvalue weighted by atomic mass is 9.98. The van der Waals surface area contributed by atoms with Gasteiger partial charge >= 0.3 is 0 Å². The minimum atomic E-state index is -0.255. The molecule has 1 rings (SSSR count). The molecule has 0 aliphatic carbocycles. The van der Waals surface area contributed by atoms with E-state index in [1.165, 1.54) is 6.07 Å². The van der Waals surface area contributed by atoms with Crippen LogP contribution in [0.1, 0.15) is 31.4 Å². The summed E-state index contributed by atoms with van der Waals surface area (Å²) in [6, 6.07) is 4.60. The first-order chi connectivity index (χ1) is 7.58. The molecule has 3 N–H and O–H groups in total. The van der Waals surface area contributed by atoms with Gasteiger partial charge in [0.15, 0.2) is 0 Å². The van der Waals surface area contributed by atoms with Crippen molar-refractivity contribution in [2.45, 2.75) is 25.8 Å². The molecule has 0 bridgehead atoms. The highest BCUT2D eigenvalue weighted by molar-refractivity contribution is 9.10. The number of hydrogen-bond acceptors (Lipinski definition) is 2. The molecule has 88 valence electrons. The molecule has 0 aliphatic rings. The quantitative estimate of drug-likeness (QED) is 0.494. The topological polar surface area (TPSA) is 38.0 Å². The molecule has 0 radical (unpaired) electrons. The smallest absolute Gasteiger partial charge is 0.128 e. The van der Waals surface area contributed by atoms with Crippen LogP contribution in [0.3, 0.4) is 0 Å². The maximum Gasteiger partial charge on any atom is 0.128 e. The highest BCUT2D eigenvalue weighted by Crippen LogP contribution is 2.26. The van der Waals surface area contributed by atoms with Crippen molar-refractivity contribution in [2.75, 3.05) is 0 Å². The fraction of sp³-hybridized carbons (Fsp3) is 0.333. The van der Waals surface area contributed by atoms with Gasteiger partial charge in [0, 0.05) is 10.0 Å². The van der Waals surface area contributed by atoms with E-state index >= 15 is 0 Å². The lowest BCUT2D eigenvalue weighted by molar-refractivity contribution is 0.506. The summed E-state index contributed by atoms with van der Waals surface area (Å²) in [7, 11) is 0. The van der Waals surface area contributed by atoms with Crippen molar-refractivity contribution >= 4 is 15.9 Å². The first-order valence-electron chi connectivity index (χ1n) is 5.16. The van der Waals surface area contributed by atoms with Crippen LogP contribution in [0.2, 0.25) is 0 Å². The normalized spacial score (nSPS) is 12.5. The molecule has 0 amide bonds. The van der Waals surface area contributed by atoms with Crippen LogP contribution in [-0.2, 0) is 0 Å². The van der Waals surface area contributed by atoms with Gasteiger partial charge in [0.05, 0.1) is 6.04 Å². The van der Waals surface area contributed by atoms with Crippen LogP contribution < -0.4 is 11.3 Å².